The van der Waals surface area contributed by atoms with Gasteiger partial charge in [0.15, 0.2) is 5.78 Å². The van der Waals surface area contributed by atoms with Crippen molar-refractivity contribution in [3.63, 3.8) is 0 Å². The number of Topliss-reactive ketones (excluding diaryl/α,β-unsaturated/α-hetero) is 1. The fraction of sp³-hybridized carbons (Fsp3) is 0.333. The van der Waals surface area contributed by atoms with Crippen molar-refractivity contribution in [3.8, 4) is 5.75 Å². The number of hydrogen-bond acceptors (Lipinski definition) is 4. The van der Waals surface area contributed by atoms with Gasteiger partial charge in [0.2, 0.25) is 0 Å². The molecule has 0 bridgehead atoms. The van der Waals surface area contributed by atoms with Crippen molar-refractivity contribution in [2.75, 3.05) is 0 Å². The third-order valence-electron chi connectivity index (χ3n) is 4.57. The second-order valence-corrected chi connectivity index (χ2v) is 5.86. The monoisotopic (exact) mass is 297 g/mol. The fourth-order valence-corrected chi connectivity index (χ4v) is 3.38. The number of phenolic OH excluding ortho intramolecular Hbond substituents is 1. The topological polar surface area (TPSA) is 77.4 Å². The van der Waals surface area contributed by atoms with Crippen molar-refractivity contribution < 1.29 is 19.8 Å². The van der Waals surface area contributed by atoms with Gasteiger partial charge in [0.1, 0.15) is 5.75 Å². The Bertz CT molecular complexity index is 735. The maximum atomic E-state index is 12.7. The van der Waals surface area contributed by atoms with Crippen LogP contribution in [0.2, 0.25) is 0 Å². The minimum Gasteiger partial charge on any atom is -0.550 e. The van der Waals surface area contributed by atoms with E-state index in [0.717, 1.165) is 18.2 Å². The van der Waals surface area contributed by atoms with E-state index in [0.29, 0.717) is 18.2 Å². The third-order valence-corrected chi connectivity index (χ3v) is 4.57. The minimum atomic E-state index is -1.17. The maximum Gasteiger partial charge on any atom is 0.170 e. The van der Waals surface area contributed by atoms with Crippen molar-refractivity contribution in [1.82, 2.24) is 0 Å². The van der Waals surface area contributed by atoms with E-state index < -0.39 is 17.8 Å². The molecule has 1 aliphatic carbocycles. The summed E-state index contributed by atoms with van der Waals surface area (Å²) in [6.07, 6.45) is 2.62. The van der Waals surface area contributed by atoms with Crippen LogP contribution in [0.3, 0.4) is 0 Å². The first-order valence-corrected chi connectivity index (χ1v) is 7.55. The maximum absolute atomic E-state index is 12.7. The summed E-state index contributed by atoms with van der Waals surface area (Å²) in [5.74, 6) is -2.89. The number of ketones is 1. The molecule has 0 amide bonds. The normalized spacial score (nSPS) is 21.6. The number of carbonyl (C=O) groups is 2. The Kier molecular flexibility index (Phi) is 3.84. The number of fused-ring (bicyclic) bond motifs is 1. The number of carbonyl (C=O) groups excluding carboxylic acids is 2. The molecular weight excluding hydrogens is 280 g/mol. The van der Waals surface area contributed by atoms with Crippen LogP contribution < -0.4 is 5.11 Å². The van der Waals surface area contributed by atoms with Crippen LogP contribution in [0.5, 0.6) is 5.75 Å². The largest absolute Gasteiger partial charge is 0.550 e. The lowest BCUT2D eigenvalue weighted by Gasteiger charge is -2.31. The first-order chi connectivity index (χ1) is 10.6. The van der Waals surface area contributed by atoms with Gasteiger partial charge in [0.05, 0.1) is 5.56 Å². The first kappa shape index (κ1) is 14.6. The van der Waals surface area contributed by atoms with Crippen LogP contribution >= 0.6 is 0 Å². The summed E-state index contributed by atoms with van der Waals surface area (Å²) < 4.78 is 0. The number of benzene rings is 2. The van der Waals surface area contributed by atoms with Crippen molar-refractivity contribution >= 4 is 22.5 Å². The van der Waals surface area contributed by atoms with E-state index in [1.54, 1.807) is 24.3 Å². The highest BCUT2D eigenvalue weighted by Gasteiger charge is 2.33. The smallest absolute Gasteiger partial charge is 0.170 e. The highest BCUT2D eigenvalue weighted by atomic mass is 16.4. The van der Waals surface area contributed by atoms with Crippen molar-refractivity contribution in [3.05, 3.63) is 42.0 Å². The quantitative estimate of drug-likeness (QED) is 0.882. The summed E-state index contributed by atoms with van der Waals surface area (Å²) in [5, 5.41) is 23.1. The lowest BCUT2D eigenvalue weighted by Crippen LogP contribution is -2.40. The molecule has 0 spiro atoms. The molecule has 2 aromatic rings. The molecule has 114 valence electrons. The molecule has 0 aromatic heterocycles. The average Bonchev–Trinajstić information content (AvgIpc) is 2.55. The predicted octanol–water partition coefficient (Wildman–Crippen LogP) is 2.28. The van der Waals surface area contributed by atoms with E-state index >= 15 is 0 Å². The van der Waals surface area contributed by atoms with Crippen molar-refractivity contribution in [1.29, 1.82) is 0 Å². The molecule has 2 aromatic carbocycles. The highest BCUT2D eigenvalue weighted by Crippen LogP contribution is 2.36. The Balaban J connectivity index is 2.01. The molecule has 4 nitrogen and oxygen atoms in total. The van der Waals surface area contributed by atoms with Crippen molar-refractivity contribution in [2.24, 2.45) is 11.8 Å². The van der Waals surface area contributed by atoms with Gasteiger partial charge in [0, 0.05) is 23.2 Å². The predicted molar refractivity (Wildman–Crippen MR) is 80.4 cm³/mol. The summed E-state index contributed by atoms with van der Waals surface area (Å²) in [7, 11) is 0. The number of aromatic hydroxyl groups is 1. The Morgan fingerprint density at radius 3 is 2.41 bits per heavy atom. The van der Waals surface area contributed by atoms with Gasteiger partial charge in [-0.3, -0.25) is 4.79 Å². The van der Waals surface area contributed by atoms with E-state index in [1.165, 1.54) is 0 Å². The SMILES string of the molecule is O=C([O-])C1CCCCC1C(=O)c1ccc2ccccc2c1O. The number of carboxylic acids is 1. The summed E-state index contributed by atoms with van der Waals surface area (Å²) in [6, 6.07) is 10.6. The number of aliphatic carboxylic acids is 1. The van der Waals surface area contributed by atoms with Gasteiger partial charge in [-0.25, -0.2) is 0 Å². The van der Waals surface area contributed by atoms with Crippen LogP contribution in [0.25, 0.3) is 10.8 Å². The zero-order chi connectivity index (χ0) is 15.7. The Labute approximate surface area is 128 Å². The molecule has 0 saturated heterocycles. The third kappa shape index (κ3) is 2.45. The van der Waals surface area contributed by atoms with Crippen LogP contribution in [-0.2, 0) is 4.79 Å². The fourth-order valence-electron chi connectivity index (χ4n) is 3.38. The number of hydrogen-bond donors (Lipinski definition) is 1. The second kappa shape index (κ2) is 5.79. The molecule has 4 heteroatoms. The van der Waals surface area contributed by atoms with Crippen LogP contribution in [0.15, 0.2) is 36.4 Å². The van der Waals surface area contributed by atoms with Gasteiger partial charge in [-0.2, -0.15) is 0 Å². The molecule has 0 heterocycles. The number of rotatable bonds is 3. The summed E-state index contributed by atoms with van der Waals surface area (Å²) in [4.78, 5) is 24.0. The minimum absolute atomic E-state index is 0.0641. The summed E-state index contributed by atoms with van der Waals surface area (Å²) >= 11 is 0. The van der Waals surface area contributed by atoms with Crippen LogP contribution in [0.4, 0.5) is 0 Å². The Morgan fingerprint density at radius 1 is 1.00 bits per heavy atom. The number of phenols is 1. The molecule has 1 aliphatic rings. The molecule has 1 N–H and O–H groups in total. The highest BCUT2D eigenvalue weighted by molar-refractivity contribution is 6.06. The molecular formula is C18H17O4-. The molecule has 1 saturated carbocycles. The zero-order valence-electron chi connectivity index (χ0n) is 12.1. The van der Waals surface area contributed by atoms with Gasteiger partial charge >= 0.3 is 0 Å². The van der Waals surface area contributed by atoms with E-state index in [1.807, 2.05) is 12.1 Å². The van der Waals surface area contributed by atoms with Gasteiger partial charge in [-0.15, -0.1) is 0 Å². The van der Waals surface area contributed by atoms with Crippen LogP contribution in [0, 0.1) is 11.8 Å². The standard InChI is InChI=1S/C18H18O4/c19-16-12-6-2-1-5-11(12)9-10-15(16)17(20)13-7-3-4-8-14(13)18(21)22/h1-2,5-6,9-10,13-14,19H,3-4,7-8H2,(H,21,22)/p-1. The van der Waals surface area contributed by atoms with E-state index in [9.17, 15) is 19.8 Å². The Hall–Kier alpha value is -2.36. The van der Waals surface area contributed by atoms with Crippen LogP contribution in [0.1, 0.15) is 36.0 Å². The molecule has 22 heavy (non-hydrogen) atoms. The zero-order valence-corrected chi connectivity index (χ0v) is 12.1. The molecule has 2 atom stereocenters. The molecule has 1 fully saturated rings. The van der Waals surface area contributed by atoms with E-state index in [4.69, 9.17) is 0 Å². The number of carboxylic acid groups (broad SMARTS) is 1. The molecule has 0 aliphatic heterocycles. The van der Waals surface area contributed by atoms with E-state index in [2.05, 4.69) is 0 Å². The van der Waals surface area contributed by atoms with E-state index in [-0.39, 0.29) is 17.1 Å². The van der Waals surface area contributed by atoms with Gasteiger partial charge < -0.3 is 15.0 Å². The average molecular weight is 297 g/mol. The molecule has 0 radical (unpaired) electrons. The van der Waals surface area contributed by atoms with Crippen molar-refractivity contribution in [2.45, 2.75) is 25.7 Å². The van der Waals surface area contributed by atoms with Gasteiger partial charge in [-0.05, 0) is 24.3 Å². The van der Waals surface area contributed by atoms with Crippen LogP contribution in [-0.4, -0.2) is 16.9 Å². The summed E-state index contributed by atoms with van der Waals surface area (Å²) in [5.41, 5.74) is 0.205. The lowest BCUT2D eigenvalue weighted by atomic mass is 9.75. The summed E-state index contributed by atoms with van der Waals surface area (Å²) in [6.45, 7) is 0. The Morgan fingerprint density at radius 2 is 1.68 bits per heavy atom. The second-order valence-electron chi connectivity index (χ2n) is 5.86. The lowest BCUT2D eigenvalue weighted by molar-refractivity contribution is -0.313. The van der Waals surface area contributed by atoms with Gasteiger partial charge in [0.25, 0.3) is 0 Å². The van der Waals surface area contributed by atoms with Gasteiger partial charge in [-0.1, -0.05) is 43.2 Å². The first-order valence-electron chi connectivity index (χ1n) is 7.55. The molecule has 3 rings (SSSR count). The molecule has 2 unspecified atom stereocenters.